The number of benzene rings is 1. The molecular formula is C11H15ClO4. The number of rotatable bonds is 5. The molecule has 0 amide bonds. The minimum atomic E-state index is -1.05. The minimum absolute atomic E-state index is 0.0410. The van der Waals surface area contributed by atoms with Gasteiger partial charge in [0.05, 0.1) is 26.2 Å². The molecule has 2 atom stereocenters. The number of methoxy groups -OCH3 is 2. The number of hydrogen-bond acceptors (Lipinski definition) is 4. The average molecular weight is 247 g/mol. The first-order valence-corrected chi connectivity index (χ1v) is 5.31. The van der Waals surface area contributed by atoms with Gasteiger partial charge in [0.2, 0.25) is 0 Å². The fourth-order valence-electron chi connectivity index (χ4n) is 1.31. The van der Waals surface area contributed by atoms with Crippen molar-refractivity contribution in [3.05, 3.63) is 23.8 Å². The van der Waals surface area contributed by atoms with Crippen LogP contribution in [0.3, 0.4) is 0 Å². The predicted octanol–water partition coefficient (Wildman–Crippen LogP) is 1.34. The van der Waals surface area contributed by atoms with Gasteiger partial charge in [-0.25, -0.2) is 0 Å². The quantitative estimate of drug-likeness (QED) is 0.770. The number of halogens is 1. The molecule has 0 saturated heterocycles. The van der Waals surface area contributed by atoms with Crippen molar-refractivity contribution in [1.29, 1.82) is 0 Å². The van der Waals surface area contributed by atoms with Crippen LogP contribution < -0.4 is 9.47 Å². The lowest BCUT2D eigenvalue weighted by molar-refractivity contribution is 0.0325. The van der Waals surface area contributed by atoms with Crippen LogP contribution >= 0.6 is 11.6 Å². The molecule has 2 N–H and O–H groups in total. The Bertz CT molecular complexity index is 321. The number of aliphatic hydroxyl groups excluding tert-OH is 2. The van der Waals surface area contributed by atoms with E-state index in [1.165, 1.54) is 14.2 Å². The first-order chi connectivity index (χ1) is 7.62. The molecule has 0 radical (unpaired) electrons. The zero-order chi connectivity index (χ0) is 12.1. The van der Waals surface area contributed by atoms with Crippen molar-refractivity contribution in [3.63, 3.8) is 0 Å². The Kier molecular flexibility index (Phi) is 4.86. The van der Waals surface area contributed by atoms with E-state index in [-0.39, 0.29) is 5.88 Å². The molecular weight excluding hydrogens is 232 g/mol. The van der Waals surface area contributed by atoms with Crippen molar-refractivity contribution in [2.75, 3.05) is 20.1 Å². The number of ether oxygens (including phenoxy) is 2. The van der Waals surface area contributed by atoms with Crippen LogP contribution in [0.15, 0.2) is 18.2 Å². The third kappa shape index (κ3) is 3.01. The highest BCUT2D eigenvalue weighted by Gasteiger charge is 2.18. The van der Waals surface area contributed by atoms with Crippen LogP contribution in [0.2, 0.25) is 0 Å². The Morgan fingerprint density at radius 2 is 1.62 bits per heavy atom. The van der Waals surface area contributed by atoms with Crippen molar-refractivity contribution in [3.8, 4) is 11.5 Å². The molecule has 4 nitrogen and oxygen atoms in total. The average Bonchev–Trinajstić information content (AvgIpc) is 2.35. The second kappa shape index (κ2) is 5.94. The van der Waals surface area contributed by atoms with Crippen molar-refractivity contribution < 1.29 is 19.7 Å². The lowest BCUT2D eigenvalue weighted by Crippen LogP contribution is -2.19. The second-order valence-corrected chi connectivity index (χ2v) is 3.62. The molecule has 5 heteroatoms. The Labute approximate surface area is 99.4 Å². The largest absolute Gasteiger partial charge is 0.497 e. The Morgan fingerprint density at radius 1 is 1.12 bits per heavy atom. The topological polar surface area (TPSA) is 58.9 Å². The van der Waals surface area contributed by atoms with E-state index in [1.807, 2.05) is 0 Å². The zero-order valence-corrected chi connectivity index (χ0v) is 9.94. The molecule has 0 bridgehead atoms. The standard InChI is InChI=1S/C11H15ClO4/c1-15-8-3-7(4-9(5-8)16-2)11(14)10(13)6-12/h3-5,10-11,13-14H,6H2,1-2H3. The molecule has 1 rings (SSSR count). The number of aliphatic hydroxyl groups is 2. The van der Waals surface area contributed by atoms with Gasteiger partial charge in [-0.3, -0.25) is 0 Å². The predicted molar refractivity (Wildman–Crippen MR) is 61.2 cm³/mol. The monoisotopic (exact) mass is 246 g/mol. The van der Waals surface area contributed by atoms with Gasteiger partial charge in [-0.1, -0.05) is 0 Å². The summed E-state index contributed by atoms with van der Waals surface area (Å²) in [5.74, 6) is 1.06. The van der Waals surface area contributed by atoms with Crippen LogP contribution in [0.1, 0.15) is 11.7 Å². The van der Waals surface area contributed by atoms with Gasteiger partial charge in [0, 0.05) is 6.07 Å². The van der Waals surface area contributed by atoms with Crippen molar-refractivity contribution in [2.24, 2.45) is 0 Å². The van der Waals surface area contributed by atoms with Crippen LogP contribution in [-0.4, -0.2) is 36.4 Å². The summed E-state index contributed by atoms with van der Waals surface area (Å²) in [5, 5.41) is 19.2. The van der Waals surface area contributed by atoms with E-state index >= 15 is 0 Å². The van der Waals surface area contributed by atoms with Crippen molar-refractivity contribution in [1.82, 2.24) is 0 Å². The highest BCUT2D eigenvalue weighted by Crippen LogP contribution is 2.28. The minimum Gasteiger partial charge on any atom is -0.497 e. The number of alkyl halides is 1. The molecule has 90 valence electrons. The van der Waals surface area contributed by atoms with E-state index < -0.39 is 12.2 Å². The van der Waals surface area contributed by atoms with Gasteiger partial charge in [-0.05, 0) is 17.7 Å². The van der Waals surface area contributed by atoms with Crippen LogP contribution in [0.25, 0.3) is 0 Å². The maximum absolute atomic E-state index is 9.78. The molecule has 1 aromatic rings. The van der Waals surface area contributed by atoms with Gasteiger partial charge in [0.25, 0.3) is 0 Å². The van der Waals surface area contributed by atoms with E-state index in [9.17, 15) is 10.2 Å². The van der Waals surface area contributed by atoms with Gasteiger partial charge in [0.1, 0.15) is 17.6 Å². The van der Waals surface area contributed by atoms with E-state index in [4.69, 9.17) is 21.1 Å². The third-order valence-corrected chi connectivity index (χ3v) is 2.55. The summed E-state index contributed by atoms with van der Waals surface area (Å²) in [4.78, 5) is 0. The van der Waals surface area contributed by atoms with Crippen LogP contribution in [-0.2, 0) is 0 Å². The van der Waals surface area contributed by atoms with E-state index in [0.29, 0.717) is 17.1 Å². The normalized spacial score (nSPS) is 14.3. The molecule has 0 aliphatic rings. The Balaban J connectivity index is 3.02. The highest BCUT2D eigenvalue weighted by atomic mass is 35.5. The summed E-state index contributed by atoms with van der Waals surface area (Å²) in [6.45, 7) is 0. The van der Waals surface area contributed by atoms with E-state index in [2.05, 4.69) is 0 Å². The van der Waals surface area contributed by atoms with Crippen molar-refractivity contribution in [2.45, 2.75) is 12.2 Å². The van der Waals surface area contributed by atoms with Crippen LogP contribution in [0, 0.1) is 0 Å². The molecule has 0 aromatic heterocycles. The smallest absolute Gasteiger partial charge is 0.122 e. The summed E-state index contributed by atoms with van der Waals surface area (Å²) < 4.78 is 10.1. The summed E-state index contributed by atoms with van der Waals surface area (Å²) >= 11 is 5.47. The van der Waals surface area contributed by atoms with Gasteiger partial charge in [-0.2, -0.15) is 0 Å². The first kappa shape index (κ1) is 13.1. The van der Waals surface area contributed by atoms with Gasteiger partial charge in [-0.15, -0.1) is 11.6 Å². The fourth-order valence-corrected chi connectivity index (χ4v) is 1.48. The zero-order valence-electron chi connectivity index (χ0n) is 9.18. The highest BCUT2D eigenvalue weighted by molar-refractivity contribution is 6.18. The third-order valence-electron chi connectivity index (χ3n) is 2.24. The molecule has 2 unspecified atom stereocenters. The first-order valence-electron chi connectivity index (χ1n) is 4.77. The summed E-state index contributed by atoms with van der Waals surface area (Å²) in [6, 6.07) is 4.94. The fraction of sp³-hybridized carbons (Fsp3) is 0.455. The Hall–Kier alpha value is -0.970. The maximum Gasteiger partial charge on any atom is 0.122 e. The molecule has 16 heavy (non-hydrogen) atoms. The molecule has 0 aliphatic carbocycles. The van der Waals surface area contributed by atoms with E-state index in [0.717, 1.165) is 0 Å². The van der Waals surface area contributed by atoms with Crippen LogP contribution in [0.4, 0.5) is 0 Å². The summed E-state index contributed by atoms with van der Waals surface area (Å²) in [7, 11) is 3.03. The summed E-state index contributed by atoms with van der Waals surface area (Å²) in [6.07, 6.45) is -2.07. The lowest BCUT2D eigenvalue weighted by atomic mass is 10.0. The van der Waals surface area contributed by atoms with Gasteiger partial charge >= 0.3 is 0 Å². The van der Waals surface area contributed by atoms with Crippen molar-refractivity contribution >= 4 is 11.6 Å². The second-order valence-electron chi connectivity index (χ2n) is 3.31. The maximum atomic E-state index is 9.78. The van der Waals surface area contributed by atoms with Crippen LogP contribution in [0.5, 0.6) is 11.5 Å². The molecule has 0 aliphatic heterocycles. The number of hydrogen-bond donors (Lipinski definition) is 2. The SMILES string of the molecule is COc1cc(OC)cc(C(O)C(O)CCl)c1. The van der Waals surface area contributed by atoms with Gasteiger partial charge in [0.15, 0.2) is 0 Å². The summed E-state index contributed by atoms with van der Waals surface area (Å²) in [5.41, 5.74) is 0.504. The van der Waals surface area contributed by atoms with Gasteiger partial charge < -0.3 is 19.7 Å². The molecule has 0 fully saturated rings. The molecule has 1 aromatic carbocycles. The molecule has 0 spiro atoms. The van der Waals surface area contributed by atoms with E-state index in [1.54, 1.807) is 18.2 Å². The molecule has 0 saturated carbocycles. The molecule has 0 heterocycles. The lowest BCUT2D eigenvalue weighted by Gasteiger charge is -2.17. The Morgan fingerprint density at radius 3 is 2.00 bits per heavy atom.